The molecule has 0 radical (unpaired) electrons. The highest BCUT2D eigenvalue weighted by molar-refractivity contribution is 5.96. The number of para-hydroxylation sites is 5. The number of unbranched alkanes of at least 4 members (excludes halogenated alkanes) is 1. The number of carbonyl (C=O) groups is 1. The number of nitrogens with zero attached hydrogens (tertiary/aromatic N) is 2. The van der Waals surface area contributed by atoms with Gasteiger partial charge in [0, 0.05) is 6.54 Å². The van der Waals surface area contributed by atoms with Crippen LogP contribution in [0.5, 0.6) is 17.2 Å². The first kappa shape index (κ1) is 23.2. The summed E-state index contributed by atoms with van der Waals surface area (Å²) in [5.74, 6) is 2.65. The topological polar surface area (TPSA) is 74.6 Å². The number of hydrogen-bond donors (Lipinski definition) is 1. The fraction of sp³-hybridized carbons (Fsp3) is 0.259. The number of ether oxygens (including phenoxy) is 3. The number of carbonyl (C=O) groups excluding carboxylic acids is 1. The Hall–Kier alpha value is -4.00. The Labute approximate surface area is 199 Å². The Bertz CT molecular complexity index is 1250. The van der Waals surface area contributed by atoms with Crippen LogP contribution in [0.4, 0.5) is 0 Å². The van der Waals surface area contributed by atoms with Crippen LogP contribution in [0.15, 0.2) is 72.8 Å². The Balaban J connectivity index is 1.39. The molecule has 0 spiro atoms. The van der Waals surface area contributed by atoms with E-state index in [-0.39, 0.29) is 5.91 Å². The first-order valence-corrected chi connectivity index (χ1v) is 11.3. The van der Waals surface area contributed by atoms with Crippen LogP contribution in [0.1, 0.15) is 29.0 Å². The SMILES string of the molecule is COc1ccccc1OCCCCn1c(CNC(=O)c2ccccc2OC)nc2ccccc21. The summed E-state index contributed by atoms with van der Waals surface area (Å²) in [6.45, 7) is 1.69. The first-order valence-electron chi connectivity index (χ1n) is 11.3. The van der Waals surface area contributed by atoms with Crippen molar-refractivity contribution >= 4 is 16.9 Å². The van der Waals surface area contributed by atoms with Gasteiger partial charge in [-0.05, 0) is 49.2 Å². The number of imidazole rings is 1. The average Bonchev–Trinajstić information content (AvgIpc) is 3.24. The van der Waals surface area contributed by atoms with E-state index in [1.165, 1.54) is 0 Å². The largest absolute Gasteiger partial charge is 0.496 e. The Morgan fingerprint density at radius 2 is 1.53 bits per heavy atom. The number of aryl methyl sites for hydroxylation is 1. The lowest BCUT2D eigenvalue weighted by atomic mass is 10.2. The van der Waals surface area contributed by atoms with Crippen LogP contribution in [0, 0.1) is 0 Å². The summed E-state index contributed by atoms with van der Waals surface area (Å²) < 4.78 is 18.7. The number of nitrogens with one attached hydrogen (secondary N) is 1. The van der Waals surface area contributed by atoms with Gasteiger partial charge >= 0.3 is 0 Å². The van der Waals surface area contributed by atoms with Gasteiger partial charge in [-0.25, -0.2) is 4.98 Å². The molecule has 0 saturated carbocycles. The minimum absolute atomic E-state index is 0.193. The van der Waals surface area contributed by atoms with E-state index in [1.807, 2.05) is 54.6 Å². The lowest BCUT2D eigenvalue weighted by Gasteiger charge is -2.12. The minimum atomic E-state index is -0.193. The van der Waals surface area contributed by atoms with Crippen molar-refractivity contribution in [1.29, 1.82) is 0 Å². The molecule has 0 atom stereocenters. The molecule has 0 aliphatic heterocycles. The average molecular weight is 460 g/mol. The molecule has 34 heavy (non-hydrogen) atoms. The Morgan fingerprint density at radius 3 is 2.32 bits per heavy atom. The third-order valence-corrected chi connectivity index (χ3v) is 5.59. The molecular formula is C27H29N3O4. The van der Waals surface area contributed by atoms with Gasteiger partial charge in [-0.1, -0.05) is 36.4 Å². The second-order valence-corrected chi connectivity index (χ2v) is 7.76. The minimum Gasteiger partial charge on any atom is -0.496 e. The molecule has 3 aromatic carbocycles. The van der Waals surface area contributed by atoms with Crippen molar-refractivity contribution in [3.8, 4) is 17.2 Å². The molecule has 1 N–H and O–H groups in total. The van der Waals surface area contributed by atoms with Gasteiger partial charge < -0.3 is 24.1 Å². The summed E-state index contributed by atoms with van der Waals surface area (Å²) in [7, 11) is 3.20. The Kier molecular flexibility index (Phi) is 7.65. The number of benzene rings is 3. The van der Waals surface area contributed by atoms with Crippen LogP contribution in [-0.4, -0.2) is 36.3 Å². The molecule has 0 fully saturated rings. The molecule has 1 aromatic heterocycles. The molecule has 0 unspecified atom stereocenters. The predicted octanol–water partition coefficient (Wildman–Crippen LogP) is 4.84. The van der Waals surface area contributed by atoms with E-state index < -0.39 is 0 Å². The third-order valence-electron chi connectivity index (χ3n) is 5.59. The van der Waals surface area contributed by atoms with E-state index in [0.29, 0.717) is 24.5 Å². The van der Waals surface area contributed by atoms with Gasteiger partial charge in [0.05, 0.1) is 44.0 Å². The summed E-state index contributed by atoms with van der Waals surface area (Å²) in [4.78, 5) is 17.5. The highest BCUT2D eigenvalue weighted by Crippen LogP contribution is 2.26. The van der Waals surface area contributed by atoms with Gasteiger partial charge in [-0.3, -0.25) is 4.79 Å². The number of aromatic nitrogens is 2. The lowest BCUT2D eigenvalue weighted by molar-refractivity contribution is 0.0946. The highest BCUT2D eigenvalue weighted by atomic mass is 16.5. The van der Waals surface area contributed by atoms with Crippen LogP contribution in [-0.2, 0) is 13.1 Å². The van der Waals surface area contributed by atoms with Crippen LogP contribution < -0.4 is 19.5 Å². The quantitative estimate of drug-likeness (QED) is 0.325. The predicted molar refractivity (Wildman–Crippen MR) is 132 cm³/mol. The second-order valence-electron chi connectivity index (χ2n) is 7.76. The molecule has 176 valence electrons. The van der Waals surface area contributed by atoms with Crippen LogP contribution in [0.2, 0.25) is 0 Å². The number of rotatable bonds is 11. The second kappa shape index (κ2) is 11.2. The van der Waals surface area contributed by atoms with E-state index >= 15 is 0 Å². The summed E-state index contributed by atoms with van der Waals surface area (Å²) in [5, 5.41) is 2.99. The van der Waals surface area contributed by atoms with Crippen LogP contribution >= 0.6 is 0 Å². The van der Waals surface area contributed by atoms with Crippen molar-refractivity contribution in [2.24, 2.45) is 0 Å². The number of hydrogen-bond acceptors (Lipinski definition) is 5. The Morgan fingerprint density at radius 1 is 0.853 bits per heavy atom. The molecule has 0 aliphatic rings. The van der Waals surface area contributed by atoms with Crippen LogP contribution in [0.3, 0.4) is 0 Å². The molecule has 4 rings (SSSR count). The van der Waals surface area contributed by atoms with Gasteiger partial charge in [0.25, 0.3) is 5.91 Å². The standard InChI is InChI=1S/C27H29N3O4/c1-32-23-14-6-3-11-20(23)27(31)28-19-26-29-21-12-4-5-13-22(21)30(26)17-9-10-18-34-25-16-8-7-15-24(25)33-2/h3-8,11-16H,9-10,17-19H2,1-2H3,(H,28,31). The molecule has 1 heterocycles. The van der Waals surface area contributed by atoms with Crippen molar-refractivity contribution in [3.05, 3.63) is 84.2 Å². The van der Waals surface area contributed by atoms with Crippen molar-refractivity contribution in [2.75, 3.05) is 20.8 Å². The zero-order valence-corrected chi connectivity index (χ0v) is 19.5. The van der Waals surface area contributed by atoms with Crippen molar-refractivity contribution in [2.45, 2.75) is 25.9 Å². The molecule has 0 aliphatic carbocycles. The summed E-state index contributed by atoms with van der Waals surface area (Å²) in [6.07, 6.45) is 1.78. The summed E-state index contributed by atoms with van der Waals surface area (Å²) in [6, 6.07) is 22.8. The molecule has 7 nitrogen and oxygen atoms in total. The smallest absolute Gasteiger partial charge is 0.255 e. The monoisotopic (exact) mass is 459 g/mol. The highest BCUT2D eigenvalue weighted by Gasteiger charge is 2.15. The zero-order chi connectivity index (χ0) is 23.8. The van der Waals surface area contributed by atoms with E-state index in [2.05, 4.69) is 16.0 Å². The van der Waals surface area contributed by atoms with E-state index in [4.69, 9.17) is 19.2 Å². The van der Waals surface area contributed by atoms with Gasteiger partial charge in [0.2, 0.25) is 0 Å². The molecule has 0 saturated heterocycles. The van der Waals surface area contributed by atoms with E-state index in [9.17, 15) is 4.79 Å². The third kappa shape index (κ3) is 5.31. The summed E-state index contributed by atoms with van der Waals surface area (Å²) in [5.41, 5.74) is 2.46. The number of fused-ring (bicyclic) bond motifs is 1. The fourth-order valence-corrected chi connectivity index (χ4v) is 3.89. The maximum atomic E-state index is 12.8. The van der Waals surface area contributed by atoms with Crippen molar-refractivity contribution in [1.82, 2.24) is 14.9 Å². The molecular weight excluding hydrogens is 430 g/mol. The lowest BCUT2D eigenvalue weighted by Crippen LogP contribution is -2.25. The van der Waals surface area contributed by atoms with Crippen LogP contribution in [0.25, 0.3) is 11.0 Å². The van der Waals surface area contributed by atoms with E-state index in [1.54, 1.807) is 26.4 Å². The van der Waals surface area contributed by atoms with E-state index in [0.717, 1.165) is 47.7 Å². The molecule has 7 heteroatoms. The molecule has 0 bridgehead atoms. The fourth-order valence-electron chi connectivity index (χ4n) is 3.89. The van der Waals surface area contributed by atoms with Gasteiger partial charge in [-0.2, -0.15) is 0 Å². The molecule has 1 amide bonds. The van der Waals surface area contributed by atoms with Crippen molar-refractivity contribution < 1.29 is 19.0 Å². The number of methoxy groups -OCH3 is 2. The maximum Gasteiger partial charge on any atom is 0.255 e. The van der Waals surface area contributed by atoms with Gasteiger partial charge in [0.1, 0.15) is 11.6 Å². The first-order chi connectivity index (χ1) is 16.7. The number of amides is 1. The normalized spacial score (nSPS) is 10.8. The molecule has 4 aromatic rings. The maximum absolute atomic E-state index is 12.8. The van der Waals surface area contributed by atoms with Gasteiger partial charge in [-0.15, -0.1) is 0 Å². The van der Waals surface area contributed by atoms with Crippen molar-refractivity contribution in [3.63, 3.8) is 0 Å². The zero-order valence-electron chi connectivity index (χ0n) is 19.5. The summed E-state index contributed by atoms with van der Waals surface area (Å²) >= 11 is 0. The van der Waals surface area contributed by atoms with Gasteiger partial charge in [0.15, 0.2) is 11.5 Å².